The average Bonchev–Trinajstić information content (AvgIpc) is 2.96. The highest BCUT2D eigenvalue weighted by molar-refractivity contribution is 5.93. The molecule has 0 spiro atoms. The minimum Gasteiger partial charge on any atom is -0.381 e. The standard InChI is InChI=1S/C16H13F2N5O/c1-9(24)14-6-13(16-20-7-12(18)15(19)21-16)22-23(14)8-10-4-2-3-5-11(10)17/h2-7H,8H2,1H3,(H2,19,20,21). The maximum Gasteiger partial charge on any atom is 0.183 e. The minimum absolute atomic E-state index is 0.0677. The van der Waals surface area contributed by atoms with Crippen molar-refractivity contribution in [1.29, 1.82) is 0 Å². The third-order valence-electron chi connectivity index (χ3n) is 3.42. The second kappa shape index (κ2) is 6.15. The van der Waals surface area contributed by atoms with Crippen LogP contribution in [-0.2, 0) is 6.54 Å². The molecule has 1 aromatic carbocycles. The van der Waals surface area contributed by atoms with Crippen LogP contribution < -0.4 is 5.73 Å². The second-order valence-electron chi connectivity index (χ2n) is 5.15. The Bertz CT molecular complexity index is 923. The van der Waals surface area contributed by atoms with Crippen LogP contribution >= 0.6 is 0 Å². The predicted octanol–water partition coefficient (Wildman–Crippen LogP) is 2.45. The average molecular weight is 329 g/mol. The van der Waals surface area contributed by atoms with E-state index in [9.17, 15) is 13.6 Å². The van der Waals surface area contributed by atoms with Gasteiger partial charge in [0, 0.05) is 12.5 Å². The maximum atomic E-state index is 13.8. The molecule has 0 amide bonds. The van der Waals surface area contributed by atoms with Gasteiger partial charge in [-0.1, -0.05) is 18.2 Å². The molecule has 3 rings (SSSR count). The highest BCUT2D eigenvalue weighted by atomic mass is 19.1. The first-order chi connectivity index (χ1) is 11.5. The molecular formula is C16H13F2N5O. The van der Waals surface area contributed by atoms with Crippen molar-refractivity contribution in [2.75, 3.05) is 5.73 Å². The predicted molar refractivity (Wildman–Crippen MR) is 83.1 cm³/mol. The molecule has 2 aromatic heterocycles. The number of anilines is 1. The molecule has 24 heavy (non-hydrogen) atoms. The van der Waals surface area contributed by atoms with E-state index in [1.54, 1.807) is 18.2 Å². The zero-order valence-electron chi connectivity index (χ0n) is 12.7. The smallest absolute Gasteiger partial charge is 0.183 e. The van der Waals surface area contributed by atoms with Crippen molar-refractivity contribution in [2.24, 2.45) is 0 Å². The number of carbonyl (C=O) groups excluding carboxylic acids is 1. The van der Waals surface area contributed by atoms with Gasteiger partial charge < -0.3 is 5.73 Å². The number of nitrogen functional groups attached to an aromatic ring is 1. The molecule has 0 saturated heterocycles. The van der Waals surface area contributed by atoms with Crippen LogP contribution in [0.5, 0.6) is 0 Å². The number of halogens is 2. The highest BCUT2D eigenvalue weighted by Gasteiger charge is 2.17. The molecule has 0 fully saturated rings. The lowest BCUT2D eigenvalue weighted by atomic mass is 10.2. The van der Waals surface area contributed by atoms with E-state index >= 15 is 0 Å². The SMILES string of the molecule is CC(=O)c1cc(-c2ncc(F)c(N)n2)nn1Cc1ccccc1F. The number of carbonyl (C=O) groups is 1. The first kappa shape index (κ1) is 15.7. The lowest BCUT2D eigenvalue weighted by Gasteiger charge is -2.06. The van der Waals surface area contributed by atoms with Crippen LogP contribution in [0.3, 0.4) is 0 Å². The Kier molecular flexibility index (Phi) is 4.03. The maximum absolute atomic E-state index is 13.8. The zero-order valence-corrected chi connectivity index (χ0v) is 12.7. The summed E-state index contributed by atoms with van der Waals surface area (Å²) in [4.78, 5) is 19.5. The summed E-state index contributed by atoms with van der Waals surface area (Å²) in [6.07, 6.45) is 0.932. The van der Waals surface area contributed by atoms with Gasteiger partial charge in [-0.15, -0.1) is 0 Å². The molecule has 0 bridgehead atoms. The van der Waals surface area contributed by atoms with Crippen LogP contribution in [0.25, 0.3) is 11.5 Å². The van der Waals surface area contributed by atoms with Gasteiger partial charge in [-0.05, 0) is 12.1 Å². The molecular weight excluding hydrogens is 316 g/mol. The van der Waals surface area contributed by atoms with Crippen LogP contribution in [0.1, 0.15) is 23.0 Å². The first-order valence-corrected chi connectivity index (χ1v) is 7.06. The Morgan fingerprint density at radius 2 is 2.00 bits per heavy atom. The number of hydrogen-bond acceptors (Lipinski definition) is 5. The minimum atomic E-state index is -0.740. The molecule has 2 N–H and O–H groups in total. The largest absolute Gasteiger partial charge is 0.381 e. The van der Waals surface area contributed by atoms with Crippen molar-refractivity contribution >= 4 is 11.6 Å². The van der Waals surface area contributed by atoms with Gasteiger partial charge >= 0.3 is 0 Å². The van der Waals surface area contributed by atoms with Crippen LogP contribution in [0.2, 0.25) is 0 Å². The number of nitrogens with two attached hydrogens (primary N) is 1. The van der Waals surface area contributed by atoms with E-state index in [0.717, 1.165) is 6.20 Å². The van der Waals surface area contributed by atoms with Crippen LogP contribution in [0.4, 0.5) is 14.6 Å². The molecule has 2 heterocycles. The van der Waals surface area contributed by atoms with Gasteiger partial charge in [-0.25, -0.2) is 18.7 Å². The summed E-state index contributed by atoms with van der Waals surface area (Å²) in [5, 5.41) is 4.24. The van der Waals surface area contributed by atoms with Crippen molar-refractivity contribution in [1.82, 2.24) is 19.7 Å². The van der Waals surface area contributed by atoms with E-state index < -0.39 is 11.6 Å². The summed E-state index contributed by atoms with van der Waals surface area (Å²) in [7, 11) is 0. The monoisotopic (exact) mass is 329 g/mol. The third-order valence-corrected chi connectivity index (χ3v) is 3.42. The van der Waals surface area contributed by atoms with E-state index in [-0.39, 0.29) is 35.4 Å². The van der Waals surface area contributed by atoms with Crippen molar-refractivity contribution in [2.45, 2.75) is 13.5 Å². The van der Waals surface area contributed by atoms with Crippen LogP contribution in [-0.4, -0.2) is 25.5 Å². The van der Waals surface area contributed by atoms with E-state index in [0.29, 0.717) is 5.56 Å². The molecule has 0 unspecified atom stereocenters. The Balaban J connectivity index is 2.03. The second-order valence-corrected chi connectivity index (χ2v) is 5.15. The fourth-order valence-electron chi connectivity index (χ4n) is 2.22. The Labute approximate surface area is 136 Å². The summed E-state index contributed by atoms with van der Waals surface area (Å²) in [5.74, 6) is -1.61. The summed E-state index contributed by atoms with van der Waals surface area (Å²) in [5.41, 5.74) is 6.33. The van der Waals surface area contributed by atoms with E-state index in [4.69, 9.17) is 5.73 Å². The van der Waals surface area contributed by atoms with E-state index in [1.165, 1.54) is 23.7 Å². The molecule has 8 heteroatoms. The summed E-state index contributed by atoms with van der Waals surface area (Å²) in [6, 6.07) is 7.67. The Hall–Kier alpha value is -3.16. The van der Waals surface area contributed by atoms with Gasteiger partial charge in [0.05, 0.1) is 12.7 Å². The molecule has 0 radical (unpaired) electrons. The van der Waals surface area contributed by atoms with E-state index in [1.807, 2.05) is 0 Å². The molecule has 3 aromatic rings. The molecule has 0 saturated carbocycles. The number of aromatic nitrogens is 4. The molecule has 0 atom stereocenters. The van der Waals surface area contributed by atoms with Crippen molar-refractivity contribution < 1.29 is 13.6 Å². The first-order valence-electron chi connectivity index (χ1n) is 7.06. The fourth-order valence-corrected chi connectivity index (χ4v) is 2.22. The molecule has 0 aliphatic heterocycles. The van der Waals surface area contributed by atoms with Crippen LogP contribution in [0, 0.1) is 11.6 Å². The molecule has 0 aliphatic carbocycles. The normalized spacial score (nSPS) is 10.8. The van der Waals surface area contributed by atoms with Crippen LogP contribution in [0.15, 0.2) is 36.5 Å². The lowest BCUT2D eigenvalue weighted by Crippen LogP contribution is -2.10. The Morgan fingerprint density at radius 1 is 1.25 bits per heavy atom. The summed E-state index contributed by atoms with van der Waals surface area (Å²) >= 11 is 0. The zero-order chi connectivity index (χ0) is 17.3. The molecule has 6 nitrogen and oxygen atoms in total. The van der Waals surface area contributed by atoms with E-state index in [2.05, 4.69) is 15.1 Å². The number of ketones is 1. The number of benzene rings is 1. The number of Topliss-reactive ketones (excluding diaryl/α,β-unsaturated/α-hetero) is 1. The van der Waals surface area contributed by atoms with Gasteiger partial charge in [0.25, 0.3) is 0 Å². The third kappa shape index (κ3) is 2.98. The number of hydrogen-bond donors (Lipinski definition) is 1. The quantitative estimate of drug-likeness (QED) is 0.743. The molecule has 0 aliphatic rings. The summed E-state index contributed by atoms with van der Waals surface area (Å²) < 4.78 is 28.4. The van der Waals surface area contributed by atoms with Gasteiger partial charge in [0.2, 0.25) is 0 Å². The Morgan fingerprint density at radius 3 is 2.67 bits per heavy atom. The van der Waals surface area contributed by atoms with Gasteiger partial charge in [-0.2, -0.15) is 5.10 Å². The van der Waals surface area contributed by atoms with Gasteiger partial charge in [0.1, 0.15) is 17.2 Å². The van der Waals surface area contributed by atoms with Gasteiger partial charge in [0.15, 0.2) is 23.2 Å². The topological polar surface area (TPSA) is 86.7 Å². The van der Waals surface area contributed by atoms with Gasteiger partial charge in [-0.3, -0.25) is 9.48 Å². The highest BCUT2D eigenvalue weighted by Crippen LogP contribution is 2.19. The van der Waals surface area contributed by atoms with Crippen molar-refractivity contribution in [3.05, 3.63) is 59.4 Å². The lowest BCUT2D eigenvalue weighted by molar-refractivity contribution is 0.100. The van der Waals surface area contributed by atoms with Crippen molar-refractivity contribution in [3.8, 4) is 11.5 Å². The number of rotatable bonds is 4. The van der Waals surface area contributed by atoms with Crippen molar-refractivity contribution in [3.63, 3.8) is 0 Å². The number of nitrogens with zero attached hydrogens (tertiary/aromatic N) is 4. The fraction of sp³-hybridized carbons (Fsp3) is 0.125. The molecule has 122 valence electrons. The summed E-state index contributed by atoms with van der Waals surface area (Å²) in [6.45, 7) is 1.44.